The van der Waals surface area contributed by atoms with Crippen LogP contribution in [0.5, 0.6) is 11.8 Å². The largest absolute Gasteiger partial charge is 0.467 e. The molecule has 0 aliphatic carbocycles. The first-order chi connectivity index (χ1) is 12.0. The van der Waals surface area contributed by atoms with Crippen LogP contribution in [-0.2, 0) is 0 Å². The van der Waals surface area contributed by atoms with E-state index in [2.05, 4.69) is 24.6 Å². The number of hydrogen-bond acceptors (Lipinski definition) is 6. The summed E-state index contributed by atoms with van der Waals surface area (Å²) in [7, 11) is 0. The van der Waals surface area contributed by atoms with Gasteiger partial charge in [0.1, 0.15) is 6.10 Å². The Kier molecular flexibility index (Phi) is 4.69. The van der Waals surface area contributed by atoms with Crippen molar-refractivity contribution in [2.75, 3.05) is 26.2 Å². The highest BCUT2D eigenvalue weighted by Gasteiger charge is 2.73. The van der Waals surface area contributed by atoms with Crippen molar-refractivity contribution < 1.29 is 44.8 Å². The number of aromatic nitrogens is 2. The van der Waals surface area contributed by atoms with E-state index in [1.165, 1.54) is 0 Å². The van der Waals surface area contributed by atoms with Gasteiger partial charge in [-0.2, -0.15) is 30.7 Å². The van der Waals surface area contributed by atoms with Crippen LogP contribution in [0.25, 0.3) is 0 Å². The molecule has 3 fully saturated rings. The van der Waals surface area contributed by atoms with E-state index in [4.69, 9.17) is 4.74 Å². The summed E-state index contributed by atoms with van der Waals surface area (Å²) in [5.74, 6) is -12.9. The van der Waals surface area contributed by atoms with Crippen molar-refractivity contribution in [3.63, 3.8) is 0 Å². The summed E-state index contributed by atoms with van der Waals surface area (Å²) in [6.45, 7) is 0.0525. The zero-order valence-electron chi connectivity index (χ0n) is 13.1. The third kappa shape index (κ3) is 3.40. The standard InChI is InChI=1S/C13H14F7N3O3/c14-11(15,12(16,17)13(18,19)20)6-24-9-10(22-26-21-9)25-8-5-23-3-1-7(8)2-4-23/h7-8H,1-6H2. The van der Waals surface area contributed by atoms with Gasteiger partial charge in [0.15, 0.2) is 6.61 Å². The Balaban J connectivity index is 1.64. The summed E-state index contributed by atoms with van der Waals surface area (Å²) in [6.07, 6.45) is -5.09. The molecule has 0 saturated carbocycles. The first-order valence-electron chi connectivity index (χ1n) is 7.68. The van der Waals surface area contributed by atoms with Gasteiger partial charge in [0.25, 0.3) is 0 Å². The number of hydrogen-bond donors (Lipinski definition) is 0. The summed E-state index contributed by atoms with van der Waals surface area (Å²) in [5, 5.41) is 6.38. The smallest absolute Gasteiger partial charge is 0.460 e. The van der Waals surface area contributed by atoms with Gasteiger partial charge in [0.2, 0.25) is 0 Å². The van der Waals surface area contributed by atoms with E-state index >= 15 is 0 Å². The fourth-order valence-corrected chi connectivity index (χ4v) is 2.98. The van der Waals surface area contributed by atoms with E-state index in [0.717, 1.165) is 25.9 Å². The molecule has 3 aliphatic heterocycles. The van der Waals surface area contributed by atoms with Crippen LogP contribution in [0.2, 0.25) is 0 Å². The van der Waals surface area contributed by atoms with Crippen molar-refractivity contribution in [1.29, 1.82) is 0 Å². The second kappa shape index (κ2) is 6.43. The molecule has 1 aromatic heterocycles. The van der Waals surface area contributed by atoms with Gasteiger partial charge in [0, 0.05) is 6.54 Å². The maximum atomic E-state index is 13.3. The molecular weight excluding hydrogens is 379 g/mol. The van der Waals surface area contributed by atoms with Crippen molar-refractivity contribution in [2.24, 2.45) is 5.92 Å². The molecule has 1 atom stereocenters. The van der Waals surface area contributed by atoms with E-state index in [1.54, 1.807) is 0 Å². The van der Waals surface area contributed by atoms with Crippen molar-refractivity contribution in [1.82, 2.24) is 15.2 Å². The van der Waals surface area contributed by atoms with Crippen LogP contribution < -0.4 is 9.47 Å². The fraction of sp³-hybridized carbons (Fsp3) is 0.846. The predicted molar refractivity (Wildman–Crippen MR) is 69.3 cm³/mol. The van der Waals surface area contributed by atoms with Gasteiger partial charge >= 0.3 is 29.8 Å². The van der Waals surface area contributed by atoms with Gasteiger partial charge in [-0.15, -0.1) is 0 Å². The van der Waals surface area contributed by atoms with Crippen molar-refractivity contribution in [3.8, 4) is 11.8 Å². The molecule has 13 heteroatoms. The third-order valence-corrected chi connectivity index (χ3v) is 4.50. The lowest BCUT2D eigenvalue weighted by molar-refractivity contribution is -0.358. The van der Waals surface area contributed by atoms with Crippen molar-refractivity contribution >= 4 is 0 Å². The maximum absolute atomic E-state index is 13.3. The van der Waals surface area contributed by atoms with E-state index in [9.17, 15) is 30.7 Å². The predicted octanol–water partition coefficient (Wildman–Crippen LogP) is 2.75. The Morgan fingerprint density at radius 2 is 1.62 bits per heavy atom. The van der Waals surface area contributed by atoms with Crippen molar-refractivity contribution in [2.45, 2.75) is 37.0 Å². The molecule has 6 nitrogen and oxygen atoms in total. The number of ether oxygens (including phenoxy) is 2. The van der Waals surface area contributed by atoms with Crippen LogP contribution in [0.15, 0.2) is 4.63 Å². The van der Waals surface area contributed by atoms with E-state index in [-0.39, 0.29) is 12.0 Å². The minimum Gasteiger partial charge on any atom is -0.467 e. The third-order valence-electron chi connectivity index (χ3n) is 4.50. The molecule has 4 heterocycles. The molecule has 0 radical (unpaired) electrons. The first kappa shape index (κ1) is 19.0. The number of alkyl halides is 7. The van der Waals surface area contributed by atoms with E-state index in [1.807, 2.05) is 0 Å². The Bertz CT molecular complexity index is 629. The molecule has 26 heavy (non-hydrogen) atoms. The fourth-order valence-electron chi connectivity index (χ4n) is 2.98. The average Bonchev–Trinajstić information content (AvgIpc) is 3.00. The monoisotopic (exact) mass is 393 g/mol. The topological polar surface area (TPSA) is 60.6 Å². The van der Waals surface area contributed by atoms with Gasteiger partial charge in [-0.3, -0.25) is 4.90 Å². The SMILES string of the molecule is FC(F)(F)C(F)(F)C(F)(F)COc1nonc1OC1CN2CCC1CC2. The molecule has 2 bridgehead atoms. The van der Waals surface area contributed by atoms with Gasteiger partial charge in [-0.1, -0.05) is 0 Å². The lowest BCUT2D eigenvalue weighted by atomic mass is 9.86. The highest BCUT2D eigenvalue weighted by atomic mass is 19.4. The van der Waals surface area contributed by atoms with Gasteiger partial charge in [0.05, 0.1) is 0 Å². The Morgan fingerprint density at radius 1 is 1.00 bits per heavy atom. The van der Waals surface area contributed by atoms with Crippen LogP contribution in [-0.4, -0.2) is 65.6 Å². The molecule has 148 valence electrons. The van der Waals surface area contributed by atoms with Crippen LogP contribution >= 0.6 is 0 Å². The van der Waals surface area contributed by atoms with Gasteiger partial charge in [-0.25, -0.2) is 4.63 Å². The number of halogens is 7. The minimum atomic E-state index is -6.43. The lowest BCUT2D eigenvalue weighted by Gasteiger charge is -2.43. The highest BCUT2D eigenvalue weighted by Crippen LogP contribution is 2.46. The molecule has 4 rings (SSSR count). The van der Waals surface area contributed by atoms with Crippen LogP contribution in [0, 0.1) is 5.92 Å². The van der Waals surface area contributed by atoms with E-state index < -0.39 is 36.4 Å². The number of nitrogens with zero attached hydrogens (tertiary/aromatic N) is 3. The molecule has 0 spiro atoms. The summed E-state index contributed by atoms with van der Waals surface area (Å²) < 4.78 is 103. The number of piperidine rings is 3. The minimum absolute atomic E-state index is 0.181. The molecule has 1 aromatic rings. The molecule has 3 aliphatic rings. The van der Waals surface area contributed by atoms with Crippen LogP contribution in [0.1, 0.15) is 12.8 Å². The van der Waals surface area contributed by atoms with Gasteiger partial charge in [-0.05, 0) is 42.2 Å². The zero-order valence-corrected chi connectivity index (χ0v) is 13.1. The normalized spacial score (nSPS) is 26.8. The summed E-state index contributed by atoms with van der Waals surface area (Å²) >= 11 is 0. The first-order valence-corrected chi connectivity index (χ1v) is 7.68. The van der Waals surface area contributed by atoms with E-state index in [0.29, 0.717) is 6.54 Å². The second-order valence-corrected chi connectivity index (χ2v) is 6.23. The average molecular weight is 393 g/mol. The molecular formula is C13H14F7N3O3. The molecule has 0 N–H and O–H groups in total. The van der Waals surface area contributed by atoms with Crippen molar-refractivity contribution in [3.05, 3.63) is 0 Å². The van der Waals surface area contributed by atoms with Gasteiger partial charge < -0.3 is 9.47 Å². The summed E-state index contributed by atoms with van der Waals surface area (Å²) in [5.41, 5.74) is 0. The maximum Gasteiger partial charge on any atom is 0.460 e. The lowest BCUT2D eigenvalue weighted by Crippen LogP contribution is -2.54. The zero-order chi connectivity index (χ0) is 19.2. The number of rotatable bonds is 6. The second-order valence-electron chi connectivity index (χ2n) is 6.23. The summed E-state index contributed by atoms with van der Waals surface area (Å²) in [6, 6.07) is 0. The molecule has 3 saturated heterocycles. The summed E-state index contributed by atoms with van der Waals surface area (Å²) in [4.78, 5) is 2.11. The Labute approximate surface area is 142 Å². The quantitative estimate of drug-likeness (QED) is 0.693. The Hall–Kier alpha value is -1.79. The van der Waals surface area contributed by atoms with Crippen LogP contribution in [0.4, 0.5) is 30.7 Å². The molecule has 1 unspecified atom stereocenters. The van der Waals surface area contributed by atoms with Crippen LogP contribution in [0.3, 0.4) is 0 Å². The number of fused-ring (bicyclic) bond motifs is 3. The Morgan fingerprint density at radius 3 is 2.15 bits per heavy atom. The molecule has 0 amide bonds. The highest BCUT2D eigenvalue weighted by molar-refractivity contribution is 5.22. The molecule has 0 aromatic carbocycles.